The molecule has 0 aromatic heterocycles. The molecule has 0 bridgehead atoms. The van der Waals surface area contributed by atoms with E-state index in [1.807, 2.05) is 6.92 Å². The van der Waals surface area contributed by atoms with Gasteiger partial charge in [0.2, 0.25) is 0 Å². The predicted molar refractivity (Wildman–Crippen MR) is 85.3 cm³/mol. The number of hydrogen-bond donors (Lipinski definition) is 1. The lowest BCUT2D eigenvalue weighted by Gasteiger charge is -2.32. The molecule has 0 aromatic carbocycles. The van der Waals surface area contributed by atoms with Gasteiger partial charge in [0.15, 0.2) is 0 Å². The lowest BCUT2D eigenvalue weighted by molar-refractivity contribution is -0.146. The smallest absolute Gasteiger partial charge is 0.323 e. The molecule has 1 aliphatic heterocycles. The number of likely N-dealkylation sites (tertiary alicyclic amines) is 1. The standard InChI is InChI=1S/C17H32N2O2/c1-3-5-14-8-11-19(12-9-14)13-10-16(17(20)21-4-2)18-15-6-7-15/h14-16,18H,3-13H2,1-2H3. The molecule has 4 heteroatoms. The first-order valence-corrected chi connectivity index (χ1v) is 8.88. The monoisotopic (exact) mass is 296 g/mol. The van der Waals surface area contributed by atoms with Crippen molar-refractivity contribution in [2.24, 2.45) is 5.92 Å². The second kappa shape index (κ2) is 8.74. The third kappa shape index (κ3) is 5.95. The Morgan fingerprint density at radius 1 is 1.24 bits per heavy atom. The number of esters is 1. The number of carbonyl (C=O) groups is 1. The Hall–Kier alpha value is -0.610. The van der Waals surface area contributed by atoms with Crippen molar-refractivity contribution < 1.29 is 9.53 Å². The summed E-state index contributed by atoms with van der Waals surface area (Å²) < 4.78 is 5.20. The molecule has 0 radical (unpaired) electrons. The number of piperidine rings is 1. The van der Waals surface area contributed by atoms with Crippen molar-refractivity contribution >= 4 is 5.97 Å². The van der Waals surface area contributed by atoms with Crippen molar-refractivity contribution in [3.63, 3.8) is 0 Å². The Labute approximate surface area is 129 Å². The molecule has 2 aliphatic rings. The Morgan fingerprint density at radius 2 is 1.95 bits per heavy atom. The van der Waals surface area contributed by atoms with Crippen molar-refractivity contribution in [2.45, 2.75) is 70.9 Å². The van der Waals surface area contributed by atoms with E-state index in [1.165, 1.54) is 51.6 Å². The maximum atomic E-state index is 12.0. The summed E-state index contributed by atoms with van der Waals surface area (Å²) in [6.07, 6.45) is 8.63. The largest absolute Gasteiger partial charge is 0.465 e. The van der Waals surface area contributed by atoms with E-state index in [9.17, 15) is 4.79 Å². The average molecular weight is 296 g/mol. The van der Waals surface area contributed by atoms with Gasteiger partial charge in [-0.05, 0) is 58.0 Å². The topological polar surface area (TPSA) is 41.6 Å². The molecule has 0 amide bonds. The summed E-state index contributed by atoms with van der Waals surface area (Å²) >= 11 is 0. The zero-order chi connectivity index (χ0) is 15.1. The SMILES string of the molecule is CCCC1CCN(CCC(NC2CC2)C(=O)OCC)CC1. The Bertz CT molecular complexity index is 310. The van der Waals surface area contributed by atoms with Crippen LogP contribution in [0.4, 0.5) is 0 Å². The highest BCUT2D eigenvalue weighted by Gasteiger charge is 2.29. The molecule has 1 aliphatic carbocycles. The molecule has 1 N–H and O–H groups in total. The Balaban J connectivity index is 1.69. The van der Waals surface area contributed by atoms with E-state index in [2.05, 4.69) is 17.1 Å². The molecular weight excluding hydrogens is 264 g/mol. The van der Waals surface area contributed by atoms with E-state index in [0.29, 0.717) is 12.6 Å². The van der Waals surface area contributed by atoms with E-state index in [1.54, 1.807) is 0 Å². The van der Waals surface area contributed by atoms with Gasteiger partial charge in [0.25, 0.3) is 0 Å². The number of carbonyl (C=O) groups excluding carboxylic acids is 1. The molecule has 21 heavy (non-hydrogen) atoms. The van der Waals surface area contributed by atoms with Crippen LogP contribution in [-0.2, 0) is 9.53 Å². The van der Waals surface area contributed by atoms with Crippen LogP contribution in [0.2, 0.25) is 0 Å². The summed E-state index contributed by atoms with van der Waals surface area (Å²) in [5.74, 6) is 0.863. The highest BCUT2D eigenvalue weighted by Crippen LogP contribution is 2.23. The molecule has 1 heterocycles. The fourth-order valence-electron chi connectivity index (χ4n) is 3.27. The number of rotatable bonds is 9. The summed E-state index contributed by atoms with van der Waals surface area (Å²) in [5, 5.41) is 3.44. The molecule has 1 unspecified atom stereocenters. The van der Waals surface area contributed by atoms with E-state index < -0.39 is 0 Å². The summed E-state index contributed by atoms with van der Waals surface area (Å²) in [5.41, 5.74) is 0. The lowest BCUT2D eigenvalue weighted by atomic mass is 9.92. The van der Waals surface area contributed by atoms with Crippen LogP contribution >= 0.6 is 0 Å². The van der Waals surface area contributed by atoms with Crippen LogP contribution in [0, 0.1) is 5.92 Å². The summed E-state index contributed by atoms with van der Waals surface area (Å²) in [6.45, 7) is 8.05. The normalized spacial score (nSPS) is 22.2. The molecule has 2 rings (SSSR count). The van der Waals surface area contributed by atoms with Crippen molar-refractivity contribution in [1.29, 1.82) is 0 Å². The maximum Gasteiger partial charge on any atom is 0.323 e. The van der Waals surface area contributed by atoms with Crippen molar-refractivity contribution in [1.82, 2.24) is 10.2 Å². The van der Waals surface area contributed by atoms with E-state index >= 15 is 0 Å². The number of nitrogens with one attached hydrogen (secondary N) is 1. The van der Waals surface area contributed by atoms with Crippen molar-refractivity contribution in [3.05, 3.63) is 0 Å². The lowest BCUT2D eigenvalue weighted by Crippen LogP contribution is -2.43. The first-order chi connectivity index (χ1) is 10.2. The molecule has 4 nitrogen and oxygen atoms in total. The third-order valence-electron chi connectivity index (χ3n) is 4.72. The highest BCUT2D eigenvalue weighted by molar-refractivity contribution is 5.75. The molecule has 1 saturated heterocycles. The van der Waals surface area contributed by atoms with Crippen LogP contribution in [0.25, 0.3) is 0 Å². The van der Waals surface area contributed by atoms with Crippen LogP contribution in [-0.4, -0.2) is 49.2 Å². The van der Waals surface area contributed by atoms with Gasteiger partial charge in [-0.25, -0.2) is 0 Å². The second-order valence-corrected chi connectivity index (χ2v) is 6.61. The van der Waals surface area contributed by atoms with Gasteiger partial charge in [-0.2, -0.15) is 0 Å². The van der Waals surface area contributed by atoms with Crippen LogP contribution < -0.4 is 5.32 Å². The quantitative estimate of drug-likeness (QED) is 0.664. The molecule has 1 saturated carbocycles. The van der Waals surface area contributed by atoms with Crippen LogP contribution in [0.1, 0.15) is 58.8 Å². The fraction of sp³-hybridized carbons (Fsp3) is 0.941. The van der Waals surface area contributed by atoms with Gasteiger partial charge in [0.1, 0.15) is 6.04 Å². The first kappa shape index (κ1) is 16.8. The predicted octanol–water partition coefficient (Wildman–Crippen LogP) is 2.57. The van der Waals surface area contributed by atoms with Crippen LogP contribution in [0.5, 0.6) is 0 Å². The maximum absolute atomic E-state index is 12.0. The highest BCUT2D eigenvalue weighted by atomic mass is 16.5. The van der Waals surface area contributed by atoms with Crippen molar-refractivity contribution in [3.8, 4) is 0 Å². The Kier molecular flexibility index (Phi) is 6.97. The average Bonchev–Trinajstić information content (AvgIpc) is 3.29. The van der Waals surface area contributed by atoms with Gasteiger partial charge in [-0.1, -0.05) is 19.8 Å². The van der Waals surface area contributed by atoms with E-state index in [0.717, 1.165) is 18.9 Å². The molecule has 0 spiro atoms. The molecule has 0 aromatic rings. The second-order valence-electron chi connectivity index (χ2n) is 6.61. The zero-order valence-corrected chi connectivity index (χ0v) is 13.8. The minimum absolute atomic E-state index is 0.0646. The first-order valence-electron chi connectivity index (χ1n) is 8.88. The van der Waals surface area contributed by atoms with E-state index in [-0.39, 0.29) is 12.0 Å². The van der Waals surface area contributed by atoms with Gasteiger partial charge >= 0.3 is 5.97 Å². The summed E-state index contributed by atoms with van der Waals surface area (Å²) in [7, 11) is 0. The molecule has 2 fully saturated rings. The molecular formula is C17H32N2O2. The van der Waals surface area contributed by atoms with Gasteiger partial charge in [0, 0.05) is 12.6 Å². The van der Waals surface area contributed by atoms with Gasteiger partial charge in [-0.15, -0.1) is 0 Å². The third-order valence-corrected chi connectivity index (χ3v) is 4.72. The van der Waals surface area contributed by atoms with Crippen LogP contribution in [0.3, 0.4) is 0 Å². The number of ether oxygens (including phenoxy) is 1. The van der Waals surface area contributed by atoms with E-state index in [4.69, 9.17) is 4.74 Å². The number of hydrogen-bond acceptors (Lipinski definition) is 4. The number of nitrogens with zero attached hydrogens (tertiary/aromatic N) is 1. The summed E-state index contributed by atoms with van der Waals surface area (Å²) in [4.78, 5) is 14.5. The van der Waals surface area contributed by atoms with Gasteiger partial charge < -0.3 is 15.0 Å². The molecule has 1 atom stereocenters. The van der Waals surface area contributed by atoms with Gasteiger partial charge in [0.05, 0.1) is 6.61 Å². The fourth-order valence-corrected chi connectivity index (χ4v) is 3.27. The molecule has 122 valence electrons. The zero-order valence-electron chi connectivity index (χ0n) is 13.8. The van der Waals surface area contributed by atoms with Crippen LogP contribution in [0.15, 0.2) is 0 Å². The Morgan fingerprint density at radius 3 is 2.52 bits per heavy atom. The van der Waals surface area contributed by atoms with Gasteiger partial charge in [-0.3, -0.25) is 4.79 Å². The summed E-state index contributed by atoms with van der Waals surface area (Å²) in [6, 6.07) is 0.445. The minimum Gasteiger partial charge on any atom is -0.465 e. The van der Waals surface area contributed by atoms with Crippen molar-refractivity contribution in [2.75, 3.05) is 26.2 Å². The minimum atomic E-state index is -0.106.